The van der Waals surface area contributed by atoms with Crippen LogP contribution in [0.25, 0.3) is 27.5 Å². The highest BCUT2D eigenvalue weighted by Gasteiger charge is 2.12. The summed E-state index contributed by atoms with van der Waals surface area (Å²) in [5, 5.41) is 2.62. The number of rotatable bonds is 1. The average molecular weight is 369 g/mol. The molecule has 0 unspecified atom stereocenters. The zero-order valence-corrected chi connectivity index (χ0v) is 12.9. The Hall–Kier alpha value is -1.81. The highest BCUT2D eigenvalue weighted by atomic mass is 127. The molecule has 0 aliphatic heterocycles. The maximum absolute atomic E-state index is 2.41. The fourth-order valence-electron chi connectivity index (χ4n) is 2.82. The van der Waals surface area contributed by atoms with Gasteiger partial charge < -0.3 is 4.57 Å². The maximum atomic E-state index is 2.41. The smallest absolute Gasteiger partial charge is 0.0595 e. The summed E-state index contributed by atoms with van der Waals surface area (Å²) >= 11 is 2.41. The molecule has 96 valence electrons. The Morgan fingerprint density at radius 2 is 1.10 bits per heavy atom. The van der Waals surface area contributed by atoms with Crippen LogP contribution in [0, 0.1) is 3.57 Å². The summed E-state index contributed by atoms with van der Waals surface area (Å²) in [6.07, 6.45) is 0. The van der Waals surface area contributed by atoms with Crippen LogP contribution in [0.15, 0.2) is 72.8 Å². The fraction of sp³-hybridized carbons (Fsp3) is 0. The van der Waals surface area contributed by atoms with Crippen molar-refractivity contribution >= 4 is 44.4 Å². The molecular weight excluding hydrogens is 357 g/mol. The van der Waals surface area contributed by atoms with E-state index in [0.29, 0.717) is 0 Å². The van der Waals surface area contributed by atoms with E-state index >= 15 is 0 Å². The molecule has 0 saturated carbocycles. The minimum Gasteiger partial charge on any atom is -0.308 e. The largest absolute Gasteiger partial charge is 0.308 e. The minimum absolute atomic E-state index is 1.24. The lowest BCUT2D eigenvalue weighted by Gasteiger charge is -2.09. The summed E-state index contributed by atoms with van der Waals surface area (Å²) in [6, 6.07) is 25.7. The lowest BCUT2D eigenvalue weighted by Crippen LogP contribution is -1.95. The van der Waals surface area contributed by atoms with Crippen LogP contribution in [0.1, 0.15) is 0 Å². The summed E-state index contributed by atoms with van der Waals surface area (Å²) in [4.78, 5) is 0. The third-order valence-electron chi connectivity index (χ3n) is 3.67. The first-order valence-corrected chi connectivity index (χ1v) is 7.67. The molecule has 0 saturated heterocycles. The molecule has 4 aromatic rings. The van der Waals surface area contributed by atoms with E-state index in [-0.39, 0.29) is 0 Å². The first-order chi connectivity index (χ1) is 9.86. The van der Waals surface area contributed by atoms with E-state index in [1.54, 1.807) is 0 Å². The van der Waals surface area contributed by atoms with Gasteiger partial charge in [0.05, 0.1) is 16.7 Å². The third kappa shape index (κ3) is 1.68. The van der Waals surface area contributed by atoms with Crippen molar-refractivity contribution in [2.24, 2.45) is 0 Å². The summed E-state index contributed by atoms with van der Waals surface area (Å²) in [6.45, 7) is 0. The zero-order valence-electron chi connectivity index (χ0n) is 10.8. The quantitative estimate of drug-likeness (QED) is 0.397. The van der Waals surface area contributed by atoms with Gasteiger partial charge in [-0.25, -0.2) is 0 Å². The van der Waals surface area contributed by atoms with Gasteiger partial charge in [-0.2, -0.15) is 0 Å². The Kier molecular flexibility index (Phi) is 2.77. The minimum atomic E-state index is 1.24. The first-order valence-electron chi connectivity index (χ1n) is 6.59. The van der Waals surface area contributed by atoms with Crippen molar-refractivity contribution in [3.63, 3.8) is 0 Å². The molecule has 1 aromatic heterocycles. The summed E-state index contributed by atoms with van der Waals surface area (Å²) in [5.41, 5.74) is 3.76. The van der Waals surface area contributed by atoms with Crippen LogP contribution in [-0.4, -0.2) is 4.57 Å². The Bertz CT molecular complexity index is 868. The van der Waals surface area contributed by atoms with Gasteiger partial charge in [-0.3, -0.25) is 0 Å². The first kappa shape index (κ1) is 12.0. The Balaban J connectivity index is 2.24. The Morgan fingerprint density at radius 3 is 1.70 bits per heavy atom. The molecular formula is C18H12IN. The number of para-hydroxylation sites is 3. The van der Waals surface area contributed by atoms with Crippen molar-refractivity contribution in [2.75, 3.05) is 0 Å². The molecule has 20 heavy (non-hydrogen) atoms. The summed E-state index contributed by atoms with van der Waals surface area (Å²) < 4.78 is 3.61. The number of benzene rings is 3. The molecule has 2 heteroatoms. The number of hydrogen-bond donors (Lipinski definition) is 0. The van der Waals surface area contributed by atoms with Gasteiger partial charge in [-0.1, -0.05) is 48.5 Å². The second-order valence-electron chi connectivity index (χ2n) is 4.82. The van der Waals surface area contributed by atoms with Crippen LogP contribution in [0.5, 0.6) is 0 Å². The van der Waals surface area contributed by atoms with Gasteiger partial charge >= 0.3 is 0 Å². The van der Waals surface area contributed by atoms with Crippen LogP contribution >= 0.6 is 22.6 Å². The van der Waals surface area contributed by atoms with Crippen molar-refractivity contribution < 1.29 is 0 Å². The lowest BCUT2D eigenvalue weighted by atomic mass is 10.2. The fourth-order valence-corrected chi connectivity index (χ4v) is 3.44. The van der Waals surface area contributed by atoms with Crippen molar-refractivity contribution in [3.05, 3.63) is 76.4 Å². The van der Waals surface area contributed by atoms with Gasteiger partial charge in [0.2, 0.25) is 0 Å². The van der Waals surface area contributed by atoms with Gasteiger partial charge in [-0.05, 0) is 46.9 Å². The van der Waals surface area contributed by atoms with E-state index in [0.717, 1.165) is 0 Å². The van der Waals surface area contributed by atoms with E-state index < -0.39 is 0 Å². The predicted octanol–water partition coefficient (Wildman–Crippen LogP) is 5.39. The number of aromatic nitrogens is 1. The Labute approximate surface area is 131 Å². The standard InChI is InChI=1S/C18H12IN/c19-15-9-3-6-12-18(15)20-16-10-4-1-7-13(16)14-8-2-5-11-17(14)20/h1-12H. The van der Waals surface area contributed by atoms with E-state index in [2.05, 4.69) is 100.0 Å². The number of fused-ring (bicyclic) bond motifs is 3. The molecule has 0 fully saturated rings. The van der Waals surface area contributed by atoms with Crippen LogP contribution < -0.4 is 0 Å². The van der Waals surface area contributed by atoms with Gasteiger partial charge in [-0.15, -0.1) is 0 Å². The molecule has 0 amide bonds. The molecule has 0 aliphatic rings. The van der Waals surface area contributed by atoms with Gasteiger partial charge in [0, 0.05) is 14.3 Å². The number of nitrogens with zero attached hydrogens (tertiary/aromatic N) is 1. The highest BCUT2D eigenvalue weighted by Crippen LogP contribution is 2.32. The van der Waals surface area contributed by atoms with E-state index in [4.69, 9.17) is 0 Å². The number of halogens is 1. The molecule has 0 atom stereocenters. The molecule has 0 radical (unpaired) electrons. The molecule has 3 aromatic carbocycles. The predicted molar refractivity (Wildman–Crippen MR) is 93.5 cm³/mol. The Morgan fingerprint density at radius 1 is 0.600 bits per heavy atom. The maximum Gasteiger partial charge on any atom is 0.0595 e. The lowest BCUT2D eigenvalue weighted by molar-refractivity contribution is 1.17. The third-order valence-corrected chi connectivity index (χ3v) is 4.59. The zero-order chi connectivity index (χ0) is 13.5. The van der Waals surface area contributed by atoms with Crippen LogP contribution in [0.3, 0.4) is 0 Å². The van der Waals surface area contributed by atoms with Crippen molar-refractivity contribution in [2.45, 2.75) is 0 Å². The summed E-state index contributed by atoms with van der Waals surface area (Å²) in [7, 11) is 0. The molecule has 0 spiro atoms. The highest BCUT2D eigenvalue weighted by molar-refractivity contribution is 14.1. The van der Waals surface area contributed by atoms with E-state index in [1.165, 1.54) is 31.1 Å². The molecule has 1 nitrogen and oxygen atoms in total. The molecule has 0 bridgehead atoms. The van der Waals surface area contributed by atoms with Gasteiger partial charge in [0.1, 0.15) is 0 Å². The monoisotopic (exact) mass is 369 g/mol. The topological polar surface area (TPSA) is 4.93 Å². The molecule has 1 heterocycles. The normalized spacial score (nSPS) is 11.2. The second-order valence-corrected chi connectivity index (χ2v) is 5.98. The number of hydrogen-bond acceptors (Lipinski definition) is 0. The molecule has 0 N–H and O–H groups in total. The summed E-state index contributed by atoms with van der Waals surface area (Å²) in [5.74, 6) is 0. The SMILES string of the molecule is Ic1ccccc1-n1c2ccccc2c2ccccc21. The van der Waals surface area contributed by atoms with E-state index in [1.807, 2.05) is 0 Å². The van der Waals surface area contributed by atoms with Crippen molar-refractivity contribution in [3.8, 4) is 5.69 Å². The molecule has 0 aliphatic carbocycles. The van der Waals surface area contributed by atoms with Crippen molar-refractivity contribution in [1.29, 1.82) is 0 Å². The van der Waals surface area contributed by atoms with Crippen LogP contribution in [0.2, 0.25) is 0 Å². The van der Waals surface area contributed by atoms with Crippen molar-refractivity contribution in [1.82, 2.24) is 4.57 Å². The van der Waals surface area contributed by atoms with Gasteiger partial charge in [0.25, 0.3) is 0 Å². The van der Waals surface area contributed by atoms with Crippen LogP contribution in [0.4, 0.5) is 0 Å². The van der Waals surface area contributed by atoms with Gasteiger partial charge in [0.15, 0.2) is 0 Å². The average Bonchev–Trinajstić information content (AvgIpc) is 2.83. The van der Waals surface area contributed by atoms with Crippen LogP contribution in [-0.2, 0) is 0 Å². The van der Waals surface area contributed by atoms with E-state index in [9.17, 15) is 0 Å². The second kappa shape index (κ2) is 4.63. The molecule has 4 rings (SSSR count).